The molecule has 1 saturated carbocycles. The third kappa shape index (κ3) is 6.50. The zero-order valence-corrected chi connectivity index (χ0v) is 18.0. The number of anilines is 2. The van der Waals surface area contributed by atoms with Crippen LogP contribution in [0.3, 0.4) is 0 Å². The Bertz CT molecular complexity index is 910. The van der Waals surface area contributed by atoms with Gasteiger partial charge in [0.05, 0.1) is 16.5 Å². The van der Waals surface area contributed by atoms with Crippen molar-refractivity contribution < 1.29 is 22.8 Å². The SMILES string of the molecule is CC(Sc1ccc(NC(=O)C2CCCCC2)cc1)C(=O)Nc1ccccc1C(F)(F)F. The molecule has 2 amide bonds. The van der Waals surface area contributed by atoms with Crippen molar-refractivity contribution in [2.45, 2.75) is 55.3 Å². The number of rotatable bonds is 6. The van der Waals surface area contributed by atoms with E-state index in [-0.39, 0.29) is 17.5 Å². The molecule has 2 N–H and O–H groups in total. The molecular formula is C23H25F3N2O2S. The molecule has 2 aromatic rings. The van der Waals surface area contributed by atoms with Crippen molar-refractivity contribution in [3.63, 3.8) is 0 Å². The largest absolute Gasteiger partial charge is 0.418 e. The van der Waals surface area contributed by atoms with Crippen LogP contribution >= 0.6 is 11.8 Å². The molecule has 0 aromatic heterocycles. The Morgan fingerprint density at radius 3 is 2.26 bits per heavy atom. The van der Waals surface area contributed by atoms with Crippen molar-refractivity contribution in [3.05, 3.63) is 54.1 Å². The molecule has 1 unspecified atom stereocenters. The van der Waals surface area contributed by atoms with E-state index in [1.165, 1.54) is 36.4 Å². The van der Waals surface area contributed by atoms with Crippen LogP contribution in [-0.2, 0) is 15.8 Å². The van der Waals surface area contributed by atoms with E-state index in [0.717, 1.165) is 36.6 Å². The molecule has 0 heterocycles. The van der Waals surface area contributed by atoms with Crippen molar-refractivity contribution in [2.75, 3.05) is 10.6 Å². The van der Waals surface area contributed by atoms with Crippen molar-refractivity contribution in [2.24, 2.45) is 5.92 Å². The summed E-state index contributed by atoms with van der Waals surface area (Å²) in [4.78, 5) is 25.5. The summed E-state index contributed by atoms with van der Waals surface area (Å²) in [7, 11) is 0. The van der Waals surface area contributed by atoms with Gasteiger partial charge in [0.25, 0.3) is 0 Å². The van der Waals surface area contributed by atoms with Gasteiger partial charge in [-0.05, 0) is 56.2 Å². The van der Waals surface area contributed by atoms with E-state index >= 15 is 0 Å². The lowest BCUT2D eigenvalue weighted by Gasteiger charge is -2.20. The molecule has 0 aliphatic heterocycles. The maximum atomic E-state index is 13.1. The van der Waals surface area contributed by atoms with Gasteiger partial charge in [-0.3, -0.25) is 9.59 Å². The molecule has 1 fully saturated rings. The van der Waals surface area contributed by atoms with Crippen LogP contribution in [0.1, 0.15) is 44.6 Å². The van der Waals surface area contributed by atoms with Gasteiger partial charge in [0.2, 0.25) is 11.8 Å². The highest BCUT2D eigenvalue weighted by Gasteiger charge is 2.34. The Labute approximate surface area is 184 Å². The van der Waals surface area contributed by atoms with Crippen LogP contribution in [0, 0.1) is 5.92 Å². The Balaban J connectivity index is 1.56. The first-order chi connectivity index (χ1) is 14.7. The van der Waals surface area contributed by atoms with Gasteiger partial charge in [0.15, 0.2) is 0 Å². The van der Waals surface area contributed by atoms with E-state index in [4.69, 9.17) is 0 Å². The summed E-state index contributed by atoms with van der Waals surface area (Å²) < 4.78 is 39.3. The van der Waals surface area contributed by atoms with Gasteiger partial charge < -0.3 is 10.6 Å². The Morgan fingerprint density at radius 1 is 0.968 bits per heavy atom. The highest BCUT2D eigenvalue weighted by atomic mass is 32.2. The lowest BCUT2D eigenvalue weighted by Crippen LogP contribution is -2.24. The van der Waals surface area contributed by atoms with Gasteiger partial charge in [-0.1, -0.05) is 31.4 Å². The molecule has 166 valence electrons. The second-order valence-electron chi connectivity index (χ2n) is 7.64. The Morgan fingerprint density at radius 2 is 1.61 bits per heavy atom. The van der Waals surface area contributed by atoms with E-state index in [0.29, 0.717) is 5.69 Å². The summed E-state index contributed by atoms with van der Waals surface area (Å²) >= 11 is 1.23. The lowest BCUT2D eigenvalue weighted by atomic mass is 9.88. The van der Waals surface area contributed by atoms with E-state index in [9.17, 15) is 22.8 Å². The first-order valence-corrected chi connectivity index (χ1v) is 11.2. The fourth-order valence-electron chi connectivity index (χ4n) is 3.56. The standard InChI is InChI=1S/C23H25F3N2O2S/c1-15(21(29)28-20-10-6-5-9-19(20)23(24,25)26)31-18-13-11-17(12-14-18)27-22(30)16-7-3-2-4-8-16/h5-6,9-16H,2-4,7-8H2,1H3,(H,27,30)(H,28,29). The number of nitrogens with one attached hydrogen (secondary N) is 2. The summed E-state index contributed by atoms with van der Waals surface area (Å²) in [6.45, 7) is 1.63. The maximum Gasteiger partial charge on any atom is 0.418 e. The van der Waals surface area contributed by atoms with Crippen molar-refractivity contribution in [3.8, 4) is 0 Å². The van der Waals surface area contributed by atoms with Gasteiger partial charge >= 0.3 is 6.18 Å². The number of hydrogen-bond acceptors (Lipinski definition) is 3. The van der Waals surface area contributed by atoms with Gasteiger partial charge in [-0.15, -0.1) is 11.8 Å². The van der Waals surface area contributed by atoms with Gasteiger partial charge in [-0.2, -0.15) is 13.2 Å². The second-order valence-corrected chi connectivity index (χ2v) is 9.06. The normalized spacial score (nSPS) is 15.9. The highest BCUT2D eigenvalue weighted by Crippen LogP contribution is 2.35. The molecule has 0 bridgehead atoms. The number of halogens is 3. The number of carbonyl (C=O) groups excluding carboxylic acids is 2. The van der Waals surface area contributed by atoms with E-state index in [1.807, 2.05) is 0 Å². The predicted octanol–water partition coefficient (Wildman–Crippen LogP) is 6.34. The minimum atomic E-state index is -4.54. The van der Waals surface area contributed by atoms with Crippen LogP contribution in [0.5, 0.6) is 0 Å². The van der Waals surface area contributed by atoms with Crippen molar-refractivity contribution >= 4 is 35.0 Å². The number of carbonyl (C=O) groups is 2. The average Bonchev–Trinajstić information content (AvgIpc) is 2.75. The maximum absolute atomic E-state index is 13.1. The molecule has 3 rings (SSSR count). The van der Waals surface area contributed by atoms with Crippen LogP contribution in [-0.4, -0.2) is 17.1 Å². The Hall–Kier alpha value is -2.48. The molecule has 1 aliphatic carbocycles. The molecule has 0 spiro atoms. The Kier molecular flexibility index (Phi) is 7.64. The zero-order chi connectivity index (χ0) is 22.4. The molecule has 0 radical (unpaired) electrons. The number of benzene rings is 2. The summed E-state index contributed by atoms with van der Waals surface area (Å²) in [5.74, 6) is -0.418. The first kappa shape index (κ1) is 23.2. The summed E-state index contributed by atoms with van der Waals surface area (Å²) in [5.41, 5.74) is -0.442. The minimum absolute atomic E-state index is 0.0381. The summed E-state index contributed by atoms with van der Waals surface area (Å²) in [6.07, 6.45) is 0.650. The predicted molar refractivity (Wildman–Crippen MR) is 117 cm³/mol. The third-order valence-corrected chi connectivity index (χ3v) is 6.38. The van der Waals surface area contributed by atoms with Gasteiger partial charge in [0.1, 0.15) is 0 Å². The summed E-state index contributed by atoms with van der Waals surface area (Å²) in [6, 6.07) is 12.0. The quantitative estimate of drug-likeness (QED) is 0.505. The molecule has 8 heteroatoms. The molecule has 1 atom stereocenters. The topological polar surface area (TPSA) is 58.2 Å². The van der Waals surface area contributed by atoms with Crippen LogP contribution in [0.15, 0.2) is 53.4 Å². The van der Waals surface area contributed by atoms with Gasteiger partial charge in [-0.25, -0.2) is 0 Å². The molecule has 31 heavy (non-hydrogen) atoms. The summed E-state index contributed by atoms with van der Waals surface area (Å²) in [5, 5.41) is 4.70. The van der Waals surface area contributed by atoms with Crippen molar-refractivity contribution in [1.29, 1.82) is 0 Å². The zero-order valence-electron chi connectivity index (χ0n) is 17.2. The first-order valence-electron chi connectivity index (χ1n) is 10.3. The van der Waals surface area contributed by atoms with Gasteiger partial charge in [0, 0.05) is 16.5 Å². The van der Waals surface area contributed by atoms with Crippen LogP contribution in [0.2, 0.25) is 0 Å². The average molecular weight is 451 g/mol. The van der Waals surface area contributed by atoms with Crippen LogP contribution in [0.25, 0.3) is 0 Å². The third-order valence-electron chi connectivity index (χ3n) is 5.27. The minimum Gasteiger partial charge on any atom is -0.326 e. The molecule has 1 aliphatic rings. The monoisotopic (exact) mass is 450 g/mol. The van der Waals surface area contributed by atoms with E-state index < -0.39 is 22.9 Å². The van der Waals surface area contributed by atoms with Crippen molar-refractivity contribution in [1.82, 2.24) is 0 Å². The second kappa shape index (κ2) is 10.2. The molecule has 2 aromatic carbocycles. The molecule has 4 nitrogen and oxygen atoms in total. The van der Waals surface area contributed by atoms with E-state index in [2.05, 4.69) is 10.6 Å². The number of amides is 2. The number of alkyl halides is 3. The fraction of sp³-hybridized carbons (Fsp3) is 0.391. The number of hydrogen-bond donors (Lipinski definition) is 2. The lowest BCUT2D eigenvalue weighted by molar-refractivity contribution is -0.137. The smallest absolute Gasteiger partial charge is 0.326 e. The highest BCUT2D eigenvalue weighted by molar-refractivity contribution is 8.00. The number of thioether (sulfide) groups is 1. The number of para-hydroxylation sites is 1. The fourth-order valence-corrected chi connectivity index (χ4v) is 4.42. The van der Waals surface area contributed by atoms with Crippen LogP contribution < -0.4 is 10.6 Å². The molecule has 0 saturated heterocycles. The molecular weight excluding hydrogens is 425 g/mol. The van der Waals surface area contributed by atoms with Crippen LogP contribution in [0.4, 0.5) is 24.5 Å². The van der Waals surface area contributed by atoms with E-state index in [1.54, 1.807) is 31.2 Å².